The molecule has 2 fully saturated rings. The van der Waals surface area contributed by atoms with Crippen LogP contribution in [0.4, 0.5) is 0 Å². The molecule has 0 aliphatic carbocycles. The molecule has 0 spiro atoms. The number of nitrogens with one attached hydrogen (secondary N) is 1. The first-order valence-corrected chi connectivity index (χ1v) is 10.7. The van der Waals surface area contributed by atoms with E-state index in [4.69, 9.17) is 18.9 Å². The normalized spacial score (nSPS) is 29.8. The molecular weight excluding hydrogens is 410 g/mol. The molecule has 6 atom stereocenters. The number of rotatable bonds is 4. The van der Waals surface area contributed by atoms with Gasteiger partial charge in [0.05, 0.1) is 6.61 Å². The van der Waals surface area contributed by atoms with Gasteiger partial charge < -0.3 is 29.4 Å². The molecule has 7 nitrogen and oxygen atoms in total. The molecule has 3 aromatic rings. The highest BCUT2D eigenvalue weighted by Crippen LogP contribution is 2.35. The van der Waals surface area contributed by atoms with Crippen molar-refractivity contribution >= 4 is 16.7 Å². The number of ether oxygens (including phenoxy) is 4. The second-order valence-electron chi connectivity index (χ2n) is 8.06. The van der Waals surface area contributed by atoms with Crippen LogP contribution in [0.1, 0.15) is 18.8 Å². The summed E-state index contributed by atoms with van der Waals surface area (Å²) in [4.78, 5) is 11.9. The smallest absolute Gasteiger partial charge is 0.223 e. The minimum absolute atomic E-state index is 0.228. The third kappa shape index (κ3) is 4.20. The monoisotopic (exact) mass is 435 g/mol. The topological polar surface area (TPSA) is 86.3 Å². The maximum atomic E-state index is 11.9. The fourth-order valence-electron chi connectivity index (χ4n) is 4.24. The molecule has 0 bridgehead atoms. The molecule has 0 saturated carbocycles. The van der Waals surface area contributed by atoms with Gasteiger partial charge in [-0.25, -0.2) is 0 Å². The lowest BCUT2D eigenvalue weighted by Crippen LogP contribution is -2.67. The van der Waals surface area contributed by atoms with Crippen molar-refractivity contribution in [2.45, 2.75) is 43.9 Å². The molecule has 1 amide bonds. The molecular formula is C25H25NO6. The molecule has 3 aromatic carbocycles. The summed E-state index contributed by atoms with van der Waals surface area (Å²) in [5, 5.41) is 16.0. The Kier molecular flexibility index (Phi) is 5.80. The van der Waals surface area contributed by atoms with Crippen molar-refractivity contribution in [1.29, 1.82) is 0 Å². The van der Waals surface area contributed by atoms with E-state index >= 15 is 0 Å². The van der Waals surface area contributed by atoms with Gasteiger partial charge in [-0.3, -0.25) is 4.79 Å². The Hall–Kier alpha value is -2.97. The second-order valence-corrected chi connectivity index (χ2v) is 8.06. The second kappa shape index (κ2) is 8.88. The molecule has 2 aliphatic heterocycles. The Bertz CT molecular complexity index is 1090. The van der Waals surface area contributed by atoms with Crippen molar-refractivity contribution in [1.82, 2.24) is 5.32 Å². The lowest BCUT2D eigenvalue weighted by Gasteiger charge is -2.47. The van der Waals surface area contributed by atoms with E-state index < -0.39 is 36.9 Å². The zero-order chi connectivity index (χ0) is 22.1. The number of benzene rings is 3. The van der Waals surface area contributed by atoms with Crippen LogP contribution in [0.3, 0.4) is 0 Å². The van der Waals surface area contributed by atoms with Crippen LogP contribution in [0.25, 0.3) is 10.8 Å². The van der Waals surface area contributed by atoms with Gasteiger partial charge in [-0.15, -0.1) is 0 Å². The molecule has 166 valence electrons. The van der Waals surface area contributed by atoms with Crippen molar-refractivity contribution in [2.24, 2.45) is 0 Å². The molecule has 2 saturated heterocycles. The van der Waals surface area contributed by atoms with Gasteiger partial charge in [-0.05, 0) is 22.9 Å². The number of fused-ring (bicyclic) bond motifs is 2. The van der Waals surface area contributed by atoms with Crippen LogP contribution in [-0.4, -0.2) is 48.3 Å². The number of amides is 1. The highest BCUT2D eigenvalue weighted by molar-refractivity contribution is 5.83. The van der Waals surface area contributed by atoms with Gasteiger partial charge in [0, 0.05) is 12.5 Å². The Labute approximate surface area is 185 Å². The lowest BCUT2D eigenvalue weighted by molar-refractivity contribution is -0.333. The predicted molar refractivity (Wildman–Crippen MR) is 117 cm³/mol. The van der Waals surface area contributed by atoms with E-state index in [1.54, 1.807) is 0 Å². The molecule has 0 unspecified atom stereocenters. The quantitative estimate of drug-likeness (QED) is 0.656. The Morgan fingerprint density at radius 2 is 1.75 bits per heavy atom. The standard InChI is InChI=1S/C25H25NO6/c1-15(27)26-21-22(28)23-20(14-29-24(32-23)17-8-3-2-4-9-17)31-25(21)30-19-12-11-16-7-5-6-10-18(16)13-19/h2-13,20-25,28H,14H2,1H3,(H,26,27)/t20-,21+,22-,23+,24-,25-/m0/s1. The van der Waals surface area contributed by atoms with Gasteiger partial charge in [0.1, 0.15) is 30.1 Å². The minimum Gasteiger partial charge on any atom is -0.463 e. The highest BCUT2D eigenvalue weighted by Gasteiger charge is 2.50. The summed E-state index contributed by atoms with van der Waals surface area (Å²) < 4.78 is 24.1. The van der Waals surface area contributed by atoms with Crippen molar-refractivity contribution < 1.29 is 28.8 Å². The van der Waals surface area contributed by atoms with Crippen molar-refractivity contribution in [3.63, 3.8) is 0 Å². The van der Waals surface area contributed by atoms with Gasteiger partial charge in [0.2, 0.25) is 12.2 Å². The van der Waals surface area contributed by atoms with Crippen LogP contribution in [-0.2, 0) is 19.0 Å². The van der Waals surface area contributed by atoms with Crippen molar-refractivity contribution in [3.8, 4) is 5.75 Å². The molecule has 7 heteroatoms. The van der Waals surface area contributed by atoms with Gasteiger partial charge >= 0.3 is 0 Å². The summed E-state index contributed by atoms with van der Waals surface area (Å²) >= 11 is 0. The highest BCUT2D eigenvalue weighted by atomic mass is 16.7. The zero-order valence-electron chi connectivity index (χ0n) is 17.6. The van der Waals surface area contributed by atoms with Gasteiger partial charge in [0.15, 0.2) is 6.29 Å². The van der Waals surface area contributed by atoms with E-state index in [-0.39, 0.29) is 12.5 Å². The van der Waals surface area contributed by atoms with E-state index in [0.29, 0.717) is 5.75 Å². The van der Waals surface area contributed by atoms with E-state index in [2.05, 4.69) is 5.32 Å². The van der Waals surface area contributed by atoms with E-state index in [0.717, 1.165) is 16.3 Å². The van der Waals surface area contributed by atoms with Gasteiger partial charge in [-0.2, -0.15) is 0 Å². The van der Waals surface area contributed by atoms with Crippen molar-refractivity contribution in [2.75, 3.05) is 6.61 Å². The first kappa shape index (κ1) is 20.9. The molecule has 5 rings (SSSR count). The van der Waals surface area contributed by atoms with Crippen LogP contribution in [0.2, 0.25) is 0 Å². The zero-order valence-corrected chi connectivity index (χ0v) is 17.6. The number of hydrogen-bond acceptors (Lipinski definition) is 6. The van der Waals surface area contributed by atoms with Crippen LogP contribution >= 0.6 is 0 Å². The fourth-order valence-corrected chi connectivity index (χ4v) is 4.24. The summed E-state index contributed by atoms with van der Waals surface area (Å²) in [6.07, 6.45) is -3.79. The first-order chi connectivity index (χ1) is 15.6. The molecule has 32 heavy (non-hydrogen) atoms. The summed E-state index contributed by atoms with van der Waals surface area (Å²) in [5.74, 6) is 0.282. The van der Waals surface area contributed by atoms with Crippen LogP contribution in [0, 0.1) is 0 Å². The fraction of sp³-hybridized carbons (Fsp3) is 0.320. The van der Waals surface area contributed by atoms with E-state index in [1.807, 2.05) is 72.8 Å². The first-order valence-electron chi connectivity index (χ1n) is 10.7. The summed E-state index contributed by atoms with van der Waals surface area (Å²) in [6.45, 7) is 1.62. The predicted octanol–water partition coefficient (Wildman–Crippen LogP) is 2.92. The molecule has 0 aromatic heterocycles. The molecule has 2 N–H and O–H groups in total. The maximum Gasteiger partial charge on any atom is 0.223 e. The van der Waals surface area contributed by atoms with Crippen LogP contribution in [0.5, 0.6) is 5.75 Å². The van der Waals surface area contributed by atoms with Crippen molar-refractivity contribution in [3.05, 3.63) is 78.4 Å². The Morgan fingerprint density at radius 1 is 1.00 bits per heavy atom. The largest absolute Gasteiger partial charge is 0.463 e. The average Bonchev–Trinajstić information content (AvgIpc) is 2.82. The van der Waals surface area contributed by atoms with Crippen LogP contribution < -0.4 is 10.1 Å². The summed E-state index contributed by atoms with van der Waals surface area (Å²) in [6, 6.07) is 22.3. The Balaban J connectivity index is 1.37. The number of carbonyl (C=O) groups excluding carboxylic acids is 1. The minimum atomic E-state index is -1.04. The summed E-state index contributed by atoms with van der Waals surface area (Å²) in [5.41, 5.74) is 0.851. The lowest BCUT2D eigenvalue weighted by atomic mass is 9.95. The van der Waals surface area contributed by atoms with Gasteiger partial charge in [0.25, 0.3) is 0 Å². The van der Waals surface area contributed by atoms with Crippen LogP contribution in [0.15, 0.2) is 72.8 Å². The van der Waals surface area contributed by atoms with E-state index in [1.165, 1.54) is 6.92 Å². The molecule has 2 aliphatic rings. The number of carbonyl (C=O) groups is 1. The molecule has 0 radical (unpaired) electrons. The third-order valence-corrected chi connectivity index (χ3v) is 5.78. The SMILES string of the molecule is CC(=O)N[C@H]1[C@@H](Oc2ccc3ccccc3c2)O[C@H]2CO[C@H](c3ccccc3)O[C@H]2[C@H]1O. The van der Waals surface area contributed by atoms with E-state index in [9.17, 15) is 9.90 Å². The third-order valence-electron chi connectivity index (χ3n) is 5.78. The van der Waals surface area contributed by atoms with Gasteiger partial charge in [-0.1, -0.05) is 60.7 Å². The molecule has 2 heterocycles. The average molecular weight is 435 g/mol. The number of hydrogen-bond donors (Lipinski definition) is 2. The number of aliphatic hydroxyl groups is 1. The summed E-state index contributed by atoms with van der Waals surface area (Å²) in [7, 11) is 0. The number of aliphatic hydroxyl groups excluding tert-OH is 1. The Morgan fingerprint density at radius 3 is 2.53 bits per heavy atom. The maximum absolute atomic E-state index is 11.9.